The van der Waals surface area contributed by atoms with Crippen LogP contribution in [-0.2, 0) is 6.18 Å². The summed E-state index contributed by atoms with van der Waals surface area (Å²) in [6, 6.07) is 2.21. The summed E-state index contributed by atoms with van der Waals surface area (Å²) in [7, 11) is 0. The standard InChI is InChI=1S/C8H5F3N4S2/c9-8(10,11)4-2-1-3-13-5(4)16-7-15-14-6(12)17-7/h1-3H,(H2,12,14). The quantitative estimate of drug-likeness (QED) is 0.915. The van der Waals surface area contributed by atoms with Crippen LogP contribution in [0.25, 0.3) is 0 Å². The first-order valence-corrected chi connectivity index (χ1v) is 5.89. The Morgan fingerprint density at radius 2 is 2.06 bits per heavy atom. The molecule has 0 aliphatic rings. The summed E-state index contributed by atoms with van der Waals surface area (Å²) in [5, 5.41) is 7.20. The molecule has 9 heteroatoms. The number of hydrogen-bond donors (Lipinski definition) is 1. The highest BCUT2D eigenvalue weighted by molar-refractivity contribution is 8.01. The average Bonchev–Trinajstić information content (AvgIpc) is 2.63. The minimum atomic E-state index is -4.44. The second-order valence-corrected chi connectivity index (χ2v) is 5.11. The van der Waals surface area contributed by atoms with Crippen molar-refractivity contribution in [3.05, 3.63) is 23.9 Å². The molecule has 0 fully saturated rings. The zero-order valence-corrected chi connectivity index (χ0v) is 9.73. The lowest BCUT2D eigenvalue weighted by atomic mass is 10.3. The fourth-order valence-electron chi connectivity index (χ4n) is 1.03. The number of nitrogens with zero attached hydrogens (tertiary/aromatic N) is 3. The molecule has 2 aromatic rings. The first-order chi connectivity index (χ1) is 7.97. The van der Waals surface area contributed by atoms with Crippen molar-refractivity contribution in [1.82, 2.24) is 15.2 Å². The minimum Gasteiger partial charge on any atom is -0.374 e. The van der Waals surface area contributed by atoms with E-state index in [1.54, 1.807) is 0 Å². The molecule has 0 saturated carbocycles. The Labute approximate surface area is 102 Å². The van der Waals surface area contributed by atoms with Gasteiger partial charge in [-0.15, -0.1) is 10.2 Å². The molecule has 0 aliphatic carbocycles. The maximum atomic E-state index is 12.6. The molecule has 0 aromatic carbocycles. The average molecular weight is 278 g/mol. The number of nitrogen functional groups attached to an aromatic ring is 1. The van der Waals surface area contributed by atoms with Crippen molar-refractivity contribution in [3.8, 4) is 0 Å². The van der Waals surface area contributed by atoms with Crippen molar-refractivity contribution < 1.29 is 13.2 Å². The molecule has 0 bridgehead atoms. The molecule has 0 unspecified atom stereocenters. The van der Waals surface area contributed by atoms with Gasteiger partial charge in [-0.25, -0.2) is 4.98 Å². The van der Waals surface area contributed by atoms with Gasteiger partial charge in [0.25, 0.3) is 0 Å². The summed E-state index contributed by atoms with van der Waals surface area (Å²) in [4.78, 5) is 3.69. The first-order valence-electron chi connectivity index (χ1n) is 4.26. The van der Waals surface area contributed by atoms with E-state index >= 15 is 0 Å². The van der Waals surface area contributed by atoms with Gasteiger partial charge in [-0.1, -0.05) is 11.3 Å². The van der Waals surface area contributed by atoms with Crippen molar-refractivity contribution in [2.75, 3.05) is 5.73 Å². The molecule has 0 atom stereocenters. The normalized spacial score (nSPS) is 11.7. The first kappa shape index (κ1) is 12.1. The molecule has 0 amide bonds. The Morgan fingerprint density at radius 3 is 2.65 bits per heavy atom. The van der Waals surface area contributed by atoms with Gasteiger partial charge in [-0.05, 0) is 23.9 Å². The summed E-state index contributed by atoms with van der Waals surface area (Å²) in [5.74, 6) is 0. The van der Waals surface area contributed by atoms with Gasteiger partial charge in [0.1, 0.15) is 5.03 Å². The predicted octanol–water partition coefficient (Wildman–Crippen LogP) is 2.69. The van der Waals surface area contributed by atoms with Gasteiger partial charge in [-0.2, -0.15) is 13.2 Å². The summed E-state index contributed by atoms with van der Waals surface area (Å²) >= 11 is 1.81. The van der Waals surface area contributed by atoms with Crippen LogP contribution in [0.1, 0.15) is 5.56 Å². The van der Waals surface area contributed by atoms with Crippen LogP contribution in [0.15, 0.2) is 27.7 Å². The number of halogens is 3. The summed E-state index contributed by atoms with van der Waals surface area (Å²) in [5.41, 5.74) is 4.55. The second kappa shape index (κ2) is 4.49. The Bertz CT molecular complexity index is 525. The maximum Gasteiger partial charge on any atom is 0.419 e. The fourth-order valence-corrected chi connectivity index (χ4v) is 2.69. The van der Waals surface area contributed by atoms with E-state index in [9.17, 15) is 13.2 Å². The van der Waals surface area contributed by atoms with Gasteiger partial charge < -0.3 is 5.73 Å². The Hall–Kier alpha value is -1.35. The van der Waals surface area contributed by atoms with E-state index in [1.165, 1.54) is 12.3 Å². The van der Waals surface area contributed by atoms with Crippen LogP contribution in [-0.4, -0.2) is 15.2 Å². The molecule has 0 aliphatic heterocycles. The molecule has 4 nitrogen and oxygen atoms in total. The summed E-state index contributed by atoms with van der Waals surface area (Å²) in [6.45, 7) is 0. The molecule has 2 heterocycles. The topological polar surface area (TPSA) is 64.7 Å². The Kier molecular flexibility index (Phi) is 3.20. The highest BCUT2D eigenvalue weighted by Gasteiger charge is 2.34. The Morgan fingerprint density at radius 1 is 1.29 bits per heavy atom. The van der Waals surface area contributed by atoms with Crippen molar-refractivity contribution in [2.45, 2.75) is 15.5 Å². The van der Waals surface area contributed by atoms with E-state index in [2.05, 4.69) is 15.2 Å². The van der Waals surface area contributed by atoms with Crippen LogP contribution < -0.4 is 5.73 Å². The lowest BCUT2D eigenvalue weighted by Gasteiger charge is -2.09. The second-order valence-electron chi connectivity index (χ2n) is 2.86. The predicted molar refractivity (Wildman–Crippen MR) is 57.7 cm³/mol. The van der Waals surface area contributed by atoms with Gasteiger partial charge in [0.2, 0.25) is 5.13 Å². The van der Waals surface area contributed by atoms with Crippen molar-refractivity contribution >= 4 is 28.2 Å². The molecule has 2 N–H and O–H groups in total. The van der Waals surface area contributed by atoms with Crippen LogP contribution >= 0.6 is 23.1 Å². The number of pyridine rings is 1. The molecule has 90 valence electrons. The molecule has 0 saturated heterocycles. The van der Waals surface area contributed by atoms with E-state index in [0.717, 1.165) is 29.2 Å². The number of alkyl halides is 3. The third-order valence-corrected chi connectivity index (χ3v) is 3.50. The van der Waals surface area contributed by atoms with E-state index < -0.39 is 11.7 Å². The molecular weight excluding hydrogens is 273 g/mol. The third-order valence-electron chi connectivity index (χ3n) is 1.68. The number of aromatic nitrogens is 3. The lowest BCUT2D eigenvalue weighted by molar-refractivity contribution is -0.140. The van der Waals surface area contributed by atoms with Crippen LogP contribution in [0.3, 0.4) is 0 Å². The molecular formula is C8H5F3N4S2. The van der Waals surface area contributed by atoms with E-state index in [-0.39, 0.29) is 10.2 Å². The summed E-state index contributed by atoms with van der Waals surface area (Å²) in [6.07, 6.45) is -3.14. The van der Waals surface area contributed by atoms with Gasteiger partial charge in [0.05, 0.1) is 5.56 Å². The molecule has 2 aromatic heterocycles. The largest absolute Gasteiger partial charge is 0.419 e. The van der Waals surface area contributed by atoms with Crippen molar-refractivity contribution in [3.63, 3.8) is 0 Å². The van der Waals surface area contributed by atoms with E-state index in [4.69, 9.17) is 5.73 Å². The number of rotatable bonds is 2. The smallest absolute Gasteiger partial charge is 0.374 e. The van der Waals surface area contributed by atoms with Gasteiger partial charge in [-0.3, -0.25) is 0 Å². The van der Waals surface area contributed by atoms with Gasteiger partial charge in [0.15, 0.2) is 4.34 Å². The lowest BCUT2D eigenvalue weighted by Crippen LogP contribution is -2.07. The number of hydrogen-bond acceptors (Lipinski definition) is 6. The van der Waals surface area contributed by atoms with Crippen LogP contribution in [0.4, 0.5) is 18.3 Å². The maximum absolute atomic E-state index is 12.6. The monoisotopic (exact) mass is 278 g/mol. The van der Waals surface area contributed by atoms with Gasteiger partial charge in [0, 0.05) is 6.20 Å². The third kappa shape index (κ3) is 2.86. The summed E-state index contributed by atoms with van der Waals surface area (Å²) < 4.78 is 38.3. The van der Waals surface area contributed by atoms with E-state index in [0.29, 0.717) is 4.34 Å². The SMILES string of the molecule is Nc1nnc(Sc2ncccc2C(F)(F)F)s1. The van der Waals surface area contributed by atoms with Gasteiger partial charge >= 0.3 is 6.18 Å². The Balaban J connectivity index is 2.33. The highest BCUT2D eigenvalue weighted by atomic mass is 32.2. The number of anilines is 1. The molecule has 0 radical (unpaired) electrons. The van der Waals surface area contributed by atoms with Crippen molar-refractivity contribution in [1.29, 1.82) is 0 Å². The van der Waals surface area contributed by atoms with Crippen molar-refractivity contribution in [2.24, 2.45) is 0 Å². The van der Waals surface area contributed by atoms with Crippen LogP contribution in [0.2, 0.25) is 0 Å². The minimum absolute atomic E-state index is 0.156. The molecule has 17 heavy (non-hydrogen) atoms. The fraction of sp³-hybridized carbons (Fsp3) is 0.125. The molecule has 2 rings (SSSR count). The van der Waals surface area contributed by atoms with Crippen LogP contribution in [0, 0.1) is 0 Å². The van der Waals surface area contributed by atoms with Crippen LogP contribution in [0.5, 0.6) is 0 Å². The zero-order chi connectivity index (χ0) is 12.5. The highest BCUT2D eigenvalue weighted by Crippen LogP contribution is 2.38. The molecule has 0 spiro atoms. The number of nitrogens with two attached hydrogens (primary N) is 1. The zero-order valence-electron chi connectivity index (χ0n) is 8.10. The van der Waals surface area contributed by atoms with E-state index in [1.807, 2.05) is 0 Å².